The normalized spacial score (nSPS) is 16.9. The molecule has 1 fully saturated rings. The molecule has 1 atom stereocenters. The van der Waals surface area contributed by atoms with Crippen LogP contribution in [0.2, 0.25) is 0 Å². The molecule has 1 aromatic heterocycles. The highest BCUT2D eigenvalue weighted by Crippen LogP contribution is 2.32. The third-order valence-corrected chi connectivity index (χ3v) is 5.48. The number of rotatable bonds is 4. The van der Waals surface area contributed by atoms with Crippen molar-refractivity contribution in [3.8, 4) is 0 Å². The minimum Gasteiger partial charge on any atom is -0.326 e. The van der Waals surface area contributed by atoms with Crippen LogP contribution in [0.4, 0.5) is 5.69 Å². The van der Waals surface area contributed by atoms with Crippen molar-refractivity contribution >= 4 is 47.1 Å². The summed E-state index contributed by atoms with van der Waals surface area (Å²) in [6.45, 7) is 5.66. The van der Waals surface area contributed by atoms with Crippen LogP contribution in [0.25, 0.3) is 0 Å². The summed E-state index contributed by atoms with van der Waals surface area (Å²) in [6.07, 6.45) is 0.912. The molecule has 2 heterocycles. The molecule has 23 heavy (non-hydrogen) atoms. The van der Waals surface area contributed by atoms with Crippen molar-refractivity contribution in [2.75, 3.05) is 18.4 Å². The summed E-state index contributed by atoms with van der Waals surface area (Å²) in [7, 11) is 0. The molecule has 0 bridgehead atoms. The van der Waals surface area contributed by atoms with E-state index in [2.05, 4.69) is 26.9 Å². The van der Waals surface area contributed by atoms with Crippen LogP contribution in [-0.2, 0) is 4.79 Å². The Hall–Kier alpha value is -1.15. The molecule has 1 saturated heterocycles. The maximum Gasteiger partial charge on any atom is 0.228 e. The maximum absolute atomic E-state index is 12.2. The van der Waals surface area contributed by atoms with Crippen molar-refractivity contribution in [1.82, 2.24) is 15.5 Å². The Morgan fingerprint density at radius 2 is 2.22 bits per heavy atom. The van der Waals surface area contributed by atoms with Gasteiger partial charge in [-0.2, -0.15) is 0 Å². The summed E-state index contributed by atoms with van der Waals surface area (Å²) in [6, 6.07) is 6.05. The molecule has 124 valence electrons. The molecule has 1 amide bonds. The number of hydrogen-bond donors (Lipinski definition) is 2. The molecule has 1 aromatic carbocycles. The smallest absolute Gasteiger partial charge is 0.228 e. The molecular formula is C15H19ClN4OS2. The number of anilines is 1. The number of benzene rings is 1. The largest absolute Gasteiger partial charge is 0.326 e. The first-order valence-electron chi connectivity index (χ1n) is 7.22. The molecule has 0 saturated carbocycles. The Kier molecular flexibility index (Phi) is 6.41. The van der Waals surface area contributed by atoms with E-state index in [0.29, 0.717) is 0 Å². The highest BCUT2D eigenvalue weighted by molar-refractivity contribution is 8.01. The molecule has 8 heteroatoms. The van der Waals surface area contributed by atoms with Gasteiger partial charge in [-0.3, -0.25) is 4.79 Å². The van der Waals surface area contributed by atoms with Crippen LogP contribution in [0.3, 0.4) is 0 Å². The first kappa shape index (κ1) is 18.2. The van der Waals surface area contributed by atoms with Gasteiger partial charge in [0.05, 0.1) is 5.92 Å². The van der Waals surface area contributed by atoms with E-state index in [9.17, 15) is 4.79 Å². The monoisotopic (exact) mass is 370 g/mol. The molecule has 5 nitrogen and oxygen atoms in total. The average Bonchev–Trinajstić information content (AvgIpc) is 3.13. The second-order valence-electron chi connectivity index (χ2n) is 5.34. The molecule has 0 radical (unpaired) electrons. The molecule has 1 unspecified atom stereocenters. The van der Waals surface area contributed by atoms with E-state index in [0.717, 1.165) is 45.0 Å². The summed E-state index contributed by atoms with van der Waals surface area (Å²) >= 11 is 3.18. The minimum atomic E-state index is 0. The number of carbonyl (C=O) groups excluding carboxylic acids is 1. The summed E-state index contributed by atoms with van der Waals surface area (Å²) in [5, 5.41) is 15.4. The van der Waals surface area contributed by atoms with Gasteiger partial charge in [0.2, 0.25) is 5.91 Å². The second-order valence-corrected chi connectivity index (χ2v) is 7.85. The van der Waals surface area contributed by atoms with Crippen molar-refractivity contribution in [2.24, 2.45) is 5.92 Å². The van der Waals surface area contributed by atoms with Crippen molar-refractivity contribution in [2.45, 2.75) is 29.5 Å². The van der Waals surface area contributed by atoms with Crippen molar-refractivity contribution in [1.29, 1.82) is 0 Å². The van der Waals surface area contributed by atoms with E-state index in [1.54, 1.807) is 23.1 Å². The van der Waals surface area contributed by atoms with E-state index in [1.165, 1.54) is 0 Å². The SMILES string of the molecule is Cc1nnc(Sc2ccc(NC(=O)C3CCNC3)c(C)c2)s1.Cl. The van der Waals surface area contributed by atoms with E-state index < -0.39 is 0 Å². The minimum absolute atomic E-state index is 0. The summed E-state index contributed by atoms with van der Waals surface area (Å²) in [5.74, 6) is 0.186. The quantitative estimate of drug-likeness (QED) is 0.864. The van der Waals surface area contributed by atoms with Gasteiger partial charge in [-0.15, -0.1) is 22.6 Å². The average molecular weight is 371 g/mol. The number of amides is 1. The Bertz CT molecular complexity index is 686. The van der Waals surface area contributed by atoms with Crippen molar-refractivity contribution in [3.05, 3.63) is 28.8 Å². The lowest BCUT2D eigenvalue weighted by Gasteiger charge is -2.12. The van der Waals surface area contributed by atoms with E-state index in [4.69, 9.17) is 0 Å². The van der Waals surface area contributed by atoms with Gasteiger partial charge in [0.1, 0.15) is 5.01 Å². The molecular weight excluding hydrogens is 352 g/mol. The van der Waals surface area contributed by atoms with Crippen LogP contribution >= 0.6 is 35.5 Å². The first-order valence-corrected chi connectivity index (χ1v) is 8.85. The zero-order valence-corrected chi connectivity index (χ0v) is 15.4. The lowest BCUT2D eigenvalue weighted by molar-refractivity contribution is -0.119. The van der Waals surface area contributed by atoms with E-state index in [-0.39, 0.29) is 24.2 Å². The lowest BCUT2D eigenvalue weighted by atomic mass is 10.1. The Balaban J connectivity index is 0.00000192. The van der Waals surface area contributed by atoms with Crippen LogP contribution in [0.15, 0.2) is 27.4 Å². The van der Waals surface area contributed by atoms with Gasteiger partial charge >= 0.3 is 0 Å². The number of aryl methyl sites for hydroxylation is 2. The van der Waals surface area contributed by atoms with E-state index >= 15 is 0 Å². The number of aromatic nitrogens is 2. The third kappa shape index (κ3) is 4.67. The fourth-order valence-electron chi connectivity index (χ4n) is 2.37. The molecule has 0 aliphatic carbocycles. The predicted octanol–water partition coefficient (Wildman–Crippen LogP) is 3.28. The zero-order valence-electron chi connectivity index (χ0n) is 13.0. The Labute approximate surface area is 150 Å². The van der Waals surface area contributed by atoms with Gasteiger partial charge in [0, 0.05) is 17.1 Å². The van der Waals surface area contributed by atoms with Crippen molar-refractivity contribution in [3.63, 3.8) is 0 Å². The standard InChI is InChI=1S/C15H18N4OS2.ClH/c1-9-7-12(22-15-19-18-10(2)21-15)3-4-13(9)17-14(20)11-5-6-16-8-11;/h3-4,7,11,16H,5-6,8H2,1-2H3,(H,17,20);1H. The van der Waals surface area contributed by atoms with Crippen LogP contribution in [0, 0.1) is 19.8 Å². The number of carbonyl (C=O) groups is 1. The third-order valence-electron chi connectivity index (χ3n) is 3.60. The first-order chi connectivity index (χ1) is 10.6. The lowest BCUT2D eigenvalue weighted by Crippen LogP contribution is -2.24. The fraction of sp³-hybridized carbons (Fsp3) is 0.400. The molecule has 2 N–H and O–H groups in total. The van der Waals surface area contributed by atoms with Crippen LogP contribution in [0.1, 0.15) is 17.0 Å². The summed E-state index contributed by atoms with van der Waals surface area (Å²) < 4.78 is 0.936. The van der Waals surface area contributed by atoms with Crippen LogP contribution in [0.5, 0.6) is 0 Å². The predicted molar refractivity (Wildman–Crippen MR) is 96.8 cm³/mol. The maximum atomic E-state index is 12.2. The summed E-state index contributed by atoms with van der Waals surface area (Å²) in [4.78, 5) is 13.3. The number of hydrogen-bond acceptors (Lipinski definition) is 6. The van der Waals surface area contributed by atoms with E-state index in [1.807, 2.05) is 26.0 Å². The molecule has 1 aliphatic heterocycles. The topological polar surface area (TPSA) is 66.9 Å². The van der Waals surface area contributed by atoms with Gasteiger partial charge in [-0.1, -0.05) is 23.1 Å². The Morgan fingerprint density at radius 3 is 2.83 bits per heavy atom. The molecule has 2 aromatic rings. The van der Waals surface area contributed by atoms with Gasteiger partial charge in [0.25, 0.3) is 0 Å². The number of halogens is 1. The number of nitrogens with zero attached hydrogens (tertiary/aromatic N) is 2. The molecule has 0 spiro atoms. The molecule has 3 rings (SSSR count). The highest BCUT2D eigenvalue weighted by Gasteiger charge is 2.22. The second kappa shape index (κ2) is 8.10. The van der Waals surface area contributed by atoms with Crippen LogP contribution < -0.4 is 10.6 Å². The molecule has 1 aliphatic rings. The Morgan fingerprint density at radius 1 is 1.39 bits per heavy atom. The fourth-order valence-corrected chi connectivity index (χ4v) is 4.26. The van der Waals surface area contributed by atoms with Gasteiger partial charge in [-0.25, -0.2) is 0 Å². The number of nitrogens with one attached hydrogen (secondary N) is 2. The van der Waals surface area contributed by atoms with Crippen LogP contribution in [-0.4, -0.2) is 29.2 Å². The van der Waals surface area contributed by atoms with Gasteiger partial charge < -0.3 is 10.6 Å². The van der Waals surface area contributed by atoms with Crippen molar-refractivity contribution < 1.29 is 4.79 Å². The van der Waals surface area contributed by atoms with Gasteiger partial charge in [-0.05, 0) is 50.6 Å². The highest BCUT2D eigenvalue weighted by atomic mass is 35.5. The zero-order chi connectivity index (χ0) is 15.5. The van der Waals surface area contributed by atoms with Gasteiger partial charge in [0.15, 0.2) is 4.34 Å². The summed E-state index contributed by atoms with van der Waals surface area (Å²) in [5.41, 5.74) is 1.94.